The van der Waals surface area contributed by atoms with Crippen LogP contribution < -0.4 is 19.5 Å². The molecule has 2 heterocycles. The Kier molecular flexibility index (Phi) is 13.5. The van der Waals surface area contributed by atoms with Crippen molar-refractivity contribution in [2.75, 3.05) is 39.5 Å². The Morgan fingerprint density at radius 1 is 0.900 bits per heavy atom. The highest BCUT2D eigenvalue weighted by Gasteiger charge is 2.20. The van der Waals surface area contributed by atoms with Crippen molar-refractivity contribution >= 4 is 11.6 Å². The van der Waals surface area contributed by atoms with Gasteiger partial charge in [0.1, 0.15) is 36.5 Å². The monoisotopic (exact) mass is 698 g/mol. The molecular formula is C40H47ClN4O5. The Balaban J connectivity index is 1.33. The van der Waals surface area contributed by atoms with Gasteiger partial charge in [0.15, 0.2) is 0 Å². The molecule has 1 fully saturated rings. The third-order valence-electron chi connectivity index (χ3n) is 9.25. The number of aromatic nitrogens is 1. The first-order chi connectivity index (χ1) is 24.3. The quantitative estimate of drug-likeness (QED) is 0.101. The van der Waals surface area contributed by atoms with Gasteiger partial charge in [-0.2, -0.15) is 5.26 Å². The molecule has 0 radical (unpaired) electrons. The second-order valence-corrected chi connectivity index (χ2v) is 13.2. The van der Waals surface area contributed by atoms with Crippen LogP contribution in [-0.2, 0) is 13.2 Å². The zero-order chi connectivity index (χ0) is 35.5. The Labute approximate surface area is 300 Å². The van der Waals surface area contributed by atoms with Crippen LogP contribution in [0.2, 0.25) is 5.02 Å². The number of aliphatic hydroxyl groups excluding tert-OH is 2. The van der Waals surface area contributed by atoms with Crippen molar-refractivity contribution in [3.05, 3.63) is 105 Å². The van der Waals surface area contributed by atoms with Gasteiger partial charge < -0.3 is 34.6 Å². The minimum Gasteiger partial charge on any atom is -0.493 e. The summed E-state index contributed by atoms with van der Waals surface area (Å²) < 4.78 is 18.9. The lowest BCUT2D eigenvalue weighted by atomic mass is 9.93. The Morgan fingerprint density at radius 3 is 2.36 bits per heavy atom. The maximum atomic E-state index is 9.65. The zero-order valence-corrected chi connectivity index (χ0v) is 29.9. The van der Waals surface area contributed by atoms with E-state index in [1.54, 1.807) is 24.4 Å². The van der Waals surface area contributed by atoms with Gasteiger partial charge in [0.2, 0.25) is 0 Å². The molecule has 50 heavy (non-hydrogen) atoms. The van der Waals surface area contributed by atoms with Crippen LogP contribution in [0.4, 0.5) is 0 Å². The molecule has 9 nitrogen and oxygen atoms in total. The fourth-order valence-electron chi connectivity index (χ4n) is 6.35. The third kappa shape index (κ3) is 9.53. The molecule has 10 heteroatoms. The summed E-state index contributed by atoms with van der Waals surface area (Å²) >= 11 is 6.80. The molecule has 3 aromatic carbocycles. The van der Waals surface area contributed by atoms with Crippen LogP contribution in [0.3, 0.4) is 0 Å². The summed E-state index contributed by atoms with van der Waals surface area (Å²) in [6.45, 7) is 10.3. The van der Waals surface area contributed by atoms with Crippen molar-refractivity contribution in [2.24, 2.45) is 0 Å². The smallest absolute Gasteiger partial charge is 0.142 e. The van der Waals surface area contributed by atoms with Crippen molar-refractivity contribution in [3.8, 4) is 34.4 Å². The number of nitrogens with one attached hydrogen (secondary N) is 1. The molecule has 1 aliphatic heterocycles. The molecule has 1 unspecified atom stereocenters. The number of rotatable bonds is 17. The third-order valence-corrected chi connectivity index (χ3v) is 9.55. The second kappa shape index (κ2) is 18.2. The van der Waals surface area contributed by atoms with Gasteiger partial charge in [-0.1, -0.05) is 41.9 Å². The van der Waals surface area contributed by atoms with E-state index in [-0.39, 0.29) is 32.5 Å². The molecule has 1 atom stereocenters. The van der Waals surface area contributed by atoms with Gasteiger partial charge >= 0.3 is 0 Å². The van der Waals surface area contributed by atoms with Gasteiger partial charge in [0.05, 0.1) is 36.4 Å². The number of pyridine rings is 1. The van der Waals surface area contributed by atoms with Gasteiger partial charge in [-0.15, -0.1) is 0 Å². The highest BCUT2D eigenvalue weighted by Crippen LogP contribution is 2.38. The number of benzene rings is 3. The summed E-state index contributed by atoms with van der Waals surface area (Å²) in [5, 5.41) is 32.2. The van der Waals surface area contributed by atoms with E-state index in [2.05, 4.69) is 59.4 Å². The van der Waals surface area contributed by atoms with E-state index in [1.807, 2.05) is 19.1 Å². The lowest BCUT2D eigenvalue weighted by Gasteiger charge is -2.24. The van der Waals surface area contributed by atoms with Gasteiger partial charge in [0, 0.05) is 42.2 Å². The van der Waals surface area contributed by atoms with Gasteiger partial charge in [-0.25, -0.2) is 0 Å². The molecule has 0 bridgehead atoms. The molecule has 0 amide bonds. The van der Waals surface area contributed by atoms with Crippen molar-refractivity contribution in [2.45, 2.75) is 65.3 Å². The number of hydrogen-bond acceptors (Lipinski definition) is 9. The Bertz CT molecular complexity index is 1770. The van der Waals surface area contributed by atoms with Crippen molar-refractivity contribution in [1.82, 2.24) is 15.2 Å². The van der Waals surface area contributed by atoms with Crippen LogP contribution in [-0.4, -0.2) is 65.6 Å². The summed E-state index contributed by atoms with van der Waals surface area (Å²) in [6.07, 6.45) is 6.76. The summed E-state index contributed by atoms with van der Waals surface area (Å²) in [5.41, 5.74) is 7.37. The van der Waals surface area contributed by atoms with Crippen LogP contribution in [0, 0.1) is 25.2 Å². The minimum absolute atomic E-state index is 0.161. The SMILES string of the molecule is Cc1c(COc2cc(OCc3cncc(C#N)c3)c(C(C)NC(CO)CO)cc2Cl)cccc1-c1cccc(OCCCN2CCCC2)c1C. The molecule has 264 valence electrons. The second-order valence-electron chi connectivity index (χ2n) is 12.8. The maximum Gasteiger partial charge on any atom is 0.142 e. The maximum absolute atomic E-state index is 9.65. The number of ether oxygens (including phenoxy) is 3. The number of halogens is 1. The van der Waals surface area contributed by atoms with Crippen LogP contribution in [0.5, 0.6) is 17.2 Å². The Morgan fingerprint density at radius 2 is 1.62 bits per heavy atom. The number of nitriles is 1. The highest BCUT2D eigenvalue weighted by molar-refractivity contribution is 6.32. The van der Waals surface area contributed by atoms with Crippen LogP contribution >= 0.6 is 11.6 Å². The normalized spacial score (nSPS) is 13.7. The fraction of sp³-hybridized carbons (Fsp3) is 0.400. The van der Waals surface area contributed by atoms with E-state index in [0.717, 1.165) is 57.7 Å². The van der Waals surface area contributed by atoms with E-state index in [0.29, 0.717) is 28.7 Å². The van der Waals surface area contributed by atoms with Crippen LogP contribution in [0.25, 0.3) is 11.1 Å². The predicted octanol–water partition coefficient (Wildman–Crippen LogP) is 6.92. The summed E-state index contributed by atoms with van der Waals surface area (Å²) in [4.78, 5) is 6.65. The summed E-state index contributed by atoms with van der Waals surface area (Å²) in [6, 6.07) is 19.0. The Hall–Kier alpha value is -4.17. The van der Waals surface area contributed by atoms with Crippen LogP contribution in [0.1, 0.15) is 65.6 Å². The van der Waals surface area contributed by atoms with E-state index < -0.39 is 6.04 Å². The number of likely N-dealkylation sites (tertiary alicyclic amines) is 1. The van der Waals surface area contributed by atoms with Crippen molar-refractivity contribution in [1.29, 1.82) is 5.26 Å². The molecule has 1 aromatic heterocycles. The largest absolute Gasteiger partial charge is 0.493 e. The van der Waals surface area contributed by atoms with Crippen molar-refractivity contribution in [3.63, 3.8) is 0 Å². The molecule has 1 saturated heterocycles. The van der Waals surface area contributed by atoms with E-state index in [1.165, 1.54) is 32.1 Å². The topological polar surface area (TPSA) is 120 Å². The number of aliphatic hydroxyl groups is 2. The molecule has 0 aliphatic carbocycles. The first kappa shape index (κ1) is 37.1. The molecule has 0 spiro atoms. The lowest BCUT2D eigenvalue weighted by Crippen LogP contribution is -2.37. The van der Waals surface area contributed by atoms with Gasteiger partial charge in [-0.05, 0) is 99.1 Å². The molecule has 0 saturated carbocycles. The standard InChI is InChI=1S/C40H47ClN4O5/c1-27-32(9-6-10-34(27)35-11-7-12-38(28(35)2)48-16-8-15-45-13-4-5-14-45)26-50-40-19-39(49-25-31-17-30(20-42)21-43-22-31)36(18-37(40)41)29(3)44-33(23-46)24-47/h6-7,9-12,17-19,21-22,29,33,44,46-47H,4-5,8,13-16,23-26H2,1-3H3. The minimum atomic E-state index is -0.519. The van der Waals surface area contributed by atoms with E-state index in [9.17, 15) is 15.5 Å². The average Bonchev–Trinajstić information content (AvgIpc) is 3.66. The first-order valence-electron chi connectivity index (χ1n) is 17.3. The van der Waals surface area contributed by atoms with Crippen LogP contribution in [0.15, 0.2) is 67.0 Å². The fourth-order valence-corrected chi connectivity index (χ4v) is 6.57. The van der Waals surface area contributed by atoms with Gasteiger partial charge in [0.25, 0.3) is 0 Å². The van der Waals surface area contributed by atoms with Gasteiger partial charge in [-0.3, -0.25) is 4.98 Å². The first-order valence-corrected chi connectivity index (χ1v) is 17.6. The average molecular weight is 699 g/mol. The van der Waals surface area contributed by atoms with E-state index >= 15 is 0 Å². The number of nitrogens with zero attached hydrogens (tertiary/aromatic N) is 3. The molecule has 3 N–H and O–H groups in total. The van der Waals surface area contributed by atoms with Crippen molar-refractivity contribution < 1.29 is 24.4 Å². The summed E-state index contributed by atoms with van der Waals surface area (Å²) in [5.74, 6) is 1.87. The zero-order valence-electron chi connectivity index (χ0n) is 29.1. The highest BCUT2D eigenvalue weighted by atomic mass is 35.5. The molecule has 1 aliphatic rings. The predicted molar refractivity (Wildman–Crippen MR) is 196 cm³/mol. The van der Waals surface area contributed by atoms with E-state index in [4.69, 9.17) is 25.8 Å². The number of hydrogen-bond donors (Lipinski definition) is 3. The molecule has 4 aromatic rings. The lowest BCUT2D eigenvalue weighted by molar-refractivity contribution is 0.163. The summed E-state index contributed by atoms with van der Waals surface area (Å²) in [7, 11) is 0. The molecule has 5 rings (SSSR count). The molecular weight excluding hydrogens is 652 g/mol.